The highest BCUT2D eigenvalue weighted by Gasteiger charge is 2.40. The molecule has 4 rings (SSSR count). The number of nitrogens with zero attached hydrogens (tertiary/aromatic N) is 2. The average Bonchev–Trinajstić information content (AvgIpc) is 3.29. The Morgan fingerprint density at radius 1 is 1.07 bits per heavy atom. The molecule has 3 aliphatic heterocycles. The number of ether oxygens (including phenoxy) is 3. The van der Waals surface area contributed by atoms with Crippen LogP contribution in [-0.4, -0.2) is 118 Å². The van der Waals surface area contributed by atoms with Crippen molar-refractivity contribution in [1.82, 2.24) is 20.4 Å². The van der Waals surface area contributed by atoms with Gasteiger partial charge >= 0.3 is 0 Å². The molecular weight excluding hydrogens is 534 g/mol. The summed E-state index contributed by atoms with van der Waals surface area (Å²) in [6.45, 7) is 7.23. The average molecular weight is 576 g/mol. The van der Waals surface area contributed by atoms with E-state index in [4.69, 9.17) is 19.9 Å². The molecule has 2 fully saturated rings. The van der Waals surface area contributed by atoms with Gasteiger partial charge in [-0.3, -0.25) is 24.5 Å². The first-order chi connectivity index (χ1) is 19.9. The van der Waals surface area contributed by atoms with Crippen molar-refractivity contribution in [1.29, 1.82) is 0 Å². The van der Waals surface area contributed by atoms with E-state index in [0.717, 1.165) is 24.3 Å². The summed E-state index contributed by atoms with van der Waals surface area (Å²) in [5.74, 6) is -1.09. The van der Waals surface area contributed by atoms with Gasteiger partial charge in [0, 0.05) is 67.7 Å². The van der Waals surface area contributed by atoms with Crippen molar-refractivity contribution in [3.63, 3.8) is 0 Å². The number of hydrogen-bond acceptors (Lipinski definition) is 11. The van der Waals surface area contributed by atoms with Crippen LogP contribution in [0.2, 0.25) is 0 Å². The summed E-state index contributed by atoms with van der Waals surface area (Å²) in [6, 6.07) is 2.98. The molecule has 2 unspecified atom stereocenters. The summed E-state index contributed by atoms with van der Waals surface area (Å²) >= 11 is 0. The lowest BCUT2D eigenvalue weighted by atomic mass is 10.0. The zero-order valence-electron chi connectivity index (χ0n) is 23.5. The number of nitrogens with one attached hydrogen (secondary N) is 4. The first-order valence-corrected chi connectivity index (χ1v) is 14.1. The smallest absolute Gasteiger partial charge is 0.255 e. The number of piperazine rings is 1. The minimum atomic E-state index is -0.716. The molecule has 226 valence electrons. The molecule has 14 nitrogen and oxygen atoms in total. The summed E-state index contributed by atoms with van der Waals surface area (Å²) in [4.78, 5) is 53.9. The number of benzene rings is 1. The van der Waals surface area contributed by atoms with Crippen LogP contribution in [0.15, 0.2) is 12.1 Å². The normalized spacial score (nSPS) is 20.7. The largest absolute Gasteiger partial charge is 0.382 e. The van der Waals surface area contributed by atoms with Crippen LogP contribution in [-0.2, 0) is 35.1 Å². The van der Waals surface area contributed by atoms with Crippen LogP contribution in [0.4, 0.5) is 11.4 Å². The van der Waals surface area contributed by atoms with E-state index in [1.54, 1.807) is 6.07 Å². The van der Waals surface area contributed by atoms with Crippen molar-refractivity contribution >= 4 is 35.0 Å². The van der Waals surface area contributed by atoms with Crippen LogP contribution < -0.4 is 27.0 Å². The Bertz CT molecular complexity index is 1100. The van der Waals surface area contributed by atoms with E-state index < -0.39 is 11.9 Å². The first-order valence-electron chi connectivity index (χ1n) is 14.1. The lowest BCUT2D eigenvalue weighted by Crippen LogP contribution is -2.53. The predicted molar refractivity (Wildman–Crippen MR) is 150 cm³/mol. The number of rotatable bonds is 15. The number of fused-ring (bicyclic) bond motifs is 1. The number of imide groups is 1. The molecule has 0 radical (unpaired) electrons. The second-order valence-corrected chi connectivity index (χ2v) is 10.2. The molecule has 0 saturated carbocycles. The number of anilines is 2. The van der Waals surface area contributed by atoms with E-state index in [1.807, 2.05) is 17.9 Å². The van der Waals surface area contributed by atoms with Crippen molar-refractivity contribution in [2.24, 2.45) is 5.73 Å². The van der Waals surface area contributed by atoms with E-state index in [0.29, 0.717) is 57.4 Å². The third-order valence-corrected chi connectivity index (χ3v) is 7.35. The SMILES string of the molecule is CC1CNCCN1C(=O)CNc1cc(NCCOCCOCCOCN)c2c(c1)C(=O)N(C1CCC(=O)NC1=O)C2. The van der Waals surface area contributed by atoms with Gasteiger partial charge in [-0.05, 0) is 25.5 Å². The highest BCUT2D eigenvalue weighted by molar-refractivity contribution is 6.06. The van der Waals surface area contributed by atoms with Gasteiger partial charge in [0.1, 0.15) is 6.04 Å². The van der Waals surface area contributed by atoms with E-state index >= 15 is 0 Å². The van der Waals surface area contributed by atoms with Crippen molar-refractivity contribution < 1.29 is 33.4 Å². The molecule has 0 aromatic heterocycles. The van der Waals surface area contributed by atoms with Gasteiger partial charge in [-0.2, -0.15) is 0 Å². The first kappa shape index (κ1) is 30.7. The summed E-state index contributed by atoms with van der Waals surface area (Å²) in [5, 5.41) is 12.1. The van der Waals surface area contributed by atoms with Gasteiger partial charge < -0.3 is 45.7 Å². The molecule has 2 atom stereocenters. The van der Waals surface area contributed by atoms with Crippen LogP contribution in [0, 0.1) is 0 Å². The van der Waals surface area contributed by atoms with Crippen molar-refractivity contribution in [3.05, 3.63) is 23.3 Å². The van der Waals surface area contributed by atoms with Crippen LogP contribution in [0.3, 0.4) is 0 Å². The van der Waals surface area contributed by atoms with E-state index in [9.17, 15) is 19.2 Å². The Morgan fingerprint density at radius 3 is 2.56 bits per heavy atom. The second-order valence-electron chi connectivity index (χ2n) is 10.2. The van der Waals surface area contributed by atoms with E-state index in [2.05, 4.69) is 21.3 Å². The molecule has 0 bridgehead atoms. The fourth-order valence-corrected chi connectivity index (χ4v) is 5.19. The molecule has 0 aliphatic carbocycles. The monoisotopic (exact) mass is 575 g/mol. The number of hydrogen-bond donors (Lipinski definition) is 5. The van der Waals surface area contributed by atoms with Gasteiger partial charge in [-0.25, -0.2) is 0 Å². The molecular formula is C27H41N7O7. The van der Waals surface area contributed by atoms with E-state index in [1.165, 1.54) is 4.90 Å². The second kappa shape index (κ2) is 15.1. The Labute approximate surface area is 239 Å². The highest BCUT2D eigenvalue weighted by Crippen LogP contribution is 2.35. The van der Waals surface area contributed by atoms with Crippen LogP contribution in [0.1, 0.15) is 35.7 Å². The lowest BCUT2D eigenvalue weighted by Gasteiger charge is -2.34. The third kappa shape index (κ3) is 8.14. The maximum atomic E-state index is 13.5. The van der Waals surface area contributed by atoms with Crippen molar-refractivity contribution in [3.8, 4) is 0 Å². The molecule has 4 amide bonds. The topological polar surface area (TPSA) is 177 Å². The van der Waals surface area contributed by atoms with Crippen LogP contribution in [0.5, 0.6) is 0 Å². The van der Waals surface area contributed by atoms with Crippen molar-refractivity contribution in [2.45, 2.75) is 38.4 Å². The van der Waals surface area contributed by atoms with Crippen LogP contribution in [0.25, 0.3) is 0 Å². The standard InChI is InChI=1S/C27H41N7O7/c1-18-14-29-4-6-33(18)25(36)15-31-19-12-20-21(16-34(27(20)38)23-2-3-24(35)32-26(23)37)22(13-19)30-5-7-39-8-9-40-10-11-41-17-28/h12-13,18,23,29-31H,2-11,14-17,28H2,1H3,(H,32,35,37). The fraction of sp³-hybridized carbons (Fsp3) is 0.630. The Kier molecular flexibility index (Phi) is 11.3. The summed E-state index contributed by atoms with van der Waals surface area (Å²) < 4.78 is 16.1. The van der Waals surface area contributed by atoms with Gasteiger partial charge in [0.2, 0.25) is 17.7 Å². The van der Waals surface area contributed by atoms with Gasteiger partial charge in [-0.1, -0.05) is 0 Å². The maximum Gasteiger partial charge on any atom is 0.255 e. The molecule has 1 aromatic rings. The quantitative estimate of drug-likeness (QED) is 0.0991. The van der Waals surface area contributed by atoms with Crippen molar-refractivity contribution in [2.75, 3.05) is 83.1 Å². The molecule has 3 heterocycles. The molecule has 1 aromatic carbocycles. The molecule has 41 heavy (non-hydrogen) atoms. The number of carbonyl (C=O) groups excluding carboxylic acids is 4. The zero-order chi connectivity index (χ0) is 29.2. The van der Waals surface area contributed by atoms with Gasteiger partial charge in [0.05, 0.1) is 46.3 Å². The third-order valence-electron chi connectivity index (χ3n) is 7.35. The van der Waals surface area contributed by atoms with E-state index in [-0.39, 0.29) is 56.4 Å². The Balaban J connectivity index is 1.39. The minimum absolute atomic E-state index is 0.0179. The number of nitrogens with two attached hydrogens (primary N) is 1. The number of piperidine rings is 1. The molecule has 14 heteroatoms. The molecule has 3 aliphatic rings. The predicted octanol–water partition coefficient (Wildman–Crippen LogP) is -0.942. The fourth-order valence-electron chi connectivity index (χ4n) is 5.19. The highest BCUT2D eigenvalue weighted by atomic mass is 16.5. The van der Waals surface area contributed by atoms with Gasteiger partial charge in [0.25, 0.3) is 5.91 Å². The maximum absolute atomic E-state index is 13.5. The number of carbonyl (C=O) groups is 4. The Hall–Kier alpha value is -3.30. The number of amides is 4. The lowest BCUT2D eigenvalue weighted by molar-refractivity contribution is -0.137. The van der Waals surface area contributed by atoms with Gasteiger partial charge in [-0.15, -0.1) is 0 Å². The molecule has 0 spiro atoms. The zero-order valence-corrected chi connectivity index (χ0v) is 23.5. The Morgan fingerprint density at radius 2 is 1.83 bits per heavy atom. The molecule has 6 N–H and O–H groups in total. The minimum Gasteiger partial charge on any atom is -0.382 e. The summed E-state index contributed by atoms with van der Waals surface area (Å²) in [6.07, 6.45) is 0.464. The molecule has 2 saturated heterocycles. The van der Waals surface area contributed by atoms with Gasteiger partial charge in [0.15, 0.2) is 0 Å². The summed E-state index contributed by atoms with van der Waals surface area (Å²) in [7, 11) is 0. The van der Waals surface area contributed by atoms with Crippen LogP contribution >= 0.6 is 0 Å². The summed E-state index contributed by atoms with van der Waals surface area (Å²) in [5.41, 5.74) is 7.82.